The second-order valence-corrected chi connectivity index (χ2v) is 14.6. The van der Waals surface area contributed by atoms with E-state index in [9.17, 15) is 54.2 Å². The molecule has 0 aliphatic heterocycles. The van der Waals surface area contributed by atoms with Gasteiger partial charge in [-0.3, -0.25) is 23.8 Å². The molecule has 21 heteroatoms. The van der Waals surface area contributed by atoms with Crippen LogP contribution in [0.1, 0.15) is 11.1 Å². The van der Waals surface area contributed by atoms with Gasteiger partial charge in [0, 0.05) is 40.2 Å². The van der Waals surface area contributed by atoms with Gasteiger partial charge in [0.2, 0.25) is 5.69 Å². The summed E-state index contributed by atoms with van der Waals surface area (Å²) in [6, 6.07) is 18.4. The summed E-state index contributed by atoms with van der Waals surface area (Å²) in [7, 11) is -14.4. The number of nitro benzene ring substituents is 1. The van der Waals surface area contributed by atoms with E-state index in [0.29, 0.717) is 11.5 Å². The van der Waals surface area contributed by atoms with Gasteiger partial charge in [-0.1, -0.05) is 41.3 Å². The lowest BCUT2D eigenvalue weighted by Crippen LogP contribution is -2.03. The highest BCUT2D eigenvalue weighted by atomic mass is 32.2. The van der Waals surface area contributed by atoms with Crippen LogP contribution in [0.4, 0.5) is 34.1 Å². The maximum Gasteiger partial charge on any atom is 0.295 e. The van der Waals surface area contributed by atoms with Crippen LogP contribution in [0.25, 0.3) is 22.9 Å². The van der Waals surface area contributed by atoms with Crippen molar-refractivity contribution in [1.82, 2.24) is 0 Å². The summed E-state index contributed by atoms with van der Waals surface area (Å²) in [4.78, 5) is 8.27. The van der Waals surface area contributed by atoms with Gasteiger partial charge in [-0.05, 0) is 53.6 Å². The first kappa shape index (κ1) is 36.3. The zero-order valence-corrected chi connectivity index (χ0v) is 27.8. The number of nitrogens with zero attached hydrogens (tertiary/aromatic N) is 5. The van der Waals surface area contributed by atoms with Crippen molar-refractivity contribution >= 4 is 87.4 Å². The molecule has 0 aliphatic rings. The number of fused-ring (bicyclic) bond motifs is 1. The highest BCUT2D eigenvalue weighted by Gasteiger charge is 2.21. The molecule has 0 amide bonds. The quantitative estimate of drug-likeness (QED) is 0.0223. The van der Waals surface area contributed by atoms with E-state index in [1.54, 1.807) is 12.1 Å². The molecule has 0 atom stereocenters. The van der Waals surface area contributed by atoms with Gasteiger partial charge >= 0.3 is 0 Å². The summed E-state index contributed by atoms with van der Waals surface area (Å²) < 4.78 is 101. The topological polar surface area (TPSA) is 295 Å². The largest absolute Gasteiger partial charge is 0.594 e. The molecule has 0 aliphatic carbocycles. The monoisotopic (exact) mass is 754 g/mol. The van der Waals surface area contributed by atoms with E-state index in [2.05, 4.69) is 15.3 Å². The van der Waals surface area contributed by atoms with Crippen molar-refractivity contribution in [1.29, 1.82) is 0 Å². The van der Waals surface area contributed by atoms with Crippen molar-refractivity contribution in [2.75, 3.05) is 5.73 Å². The molecule has 0 radical (unpaired) electrons. The Balaban J connectivity index is 1.43. The number of nitro groups is 1. The molecule has 0 bridgehead atoms. The lowest BCUT2D eigenvalue weighted by atomic mass is 10.1. The molecule has 262 valence electrons. The molecule has 51 heavy (non-hydrogen) atoms. The molecule has 0 fully saturated rings. The lowest BCUT2D eigenvalue weighted by molar-refractivity contribution is -0.435. The molecule has 0 spiro atoms. The van der Waals surface area contributed by atoms with Gasteiger partial charge in [-0.2, -0.15) is 25.3 Å². The van der Waals surface area contributed by atoms with E-state index >= 15 is 0 Å². The second-order valence-electron chi connectivity index (χ2n) is 10.4. The Morgan fingerprint density at radius 2 is 1.14 bits per heavy atom. The number of azo groups is 2. The Hall–Kier alpha value is -5.97. The third-order valence-electron chi connectivity index (χ3n) is 7.04. The van der Waals surface area contributed by atoms with Crippen LogP contribution in [0.5, 0.6) is 0 Å². The predicted molar refractivity (Wildman–Crippen MR) is 182 cm³/mol. The summed E-state index contributed by atoms with van der Waals surface area (Å²) in [5, 5.41) is 36.6. The number of hydrogen-bond donors (Lipinski definition) is 4. The molecule has 0 aromatic heterocycles. The standard InChI is InChI=1S/C30H22N6O12S3/c31-25-15-20(11-14-27(25)33-32-26-5-1-4-24-23(26)3-2-6-28(24)49(40,41)42)34-35(37)21-12-9-18(29(16-21)50(43,44)45)7-8-19-10-13-22(36(38)39)17-30(19)51(46,47)48/h1-17H,31H2,(H,40,41,42)(H,43,44,45)(H,46,47,48). The molecular formula is C30H22N6O12S3. The fourth-order valence-corrected chi connectivity index (χ4v) is 6.84. The molecule has 18 nitrogen and oxygen atoms in total. The van der Waals surface area contributed by atoms with Crippen molar-refractivity contribution in [3.05, 3.63) is 117 Å². The predicted octanol–water partition coefficient (Wildman–Crippen LogP) is 6.58. The molecule has 0 heterocycles. The number of nitrogen functional groups attached to an aromatic ring is 1. The summed E-state index contributed by atoms with van der Waals surface area (Å²) in [5.74, 6) is 0. The van der Waals surface area contributed by atoms with Crippen LogP contribution in [0, 0.1) is 15.3 Å². The van der Waals surface area contributed by atoms with Gasteiger partial charge in [0.25, 0.3) is 36.0 Å². The van der Waals surface area contributed by atoms with Gasteiger partial charge in [0.05, 0.1) is 16.3 Å². The first-order valence-electron chi connectivity index (χ1n) is 13.9. The van der Waals surface area contributed by atoms with Crippen molar-refractivity contribution in [3.8, 4) is 0 Å². The minimum atomic E-state index is -4.99. The highest BCUT2D eigenvalue weighted by molar-refractivity contribution is 7.86. The molecule has 5 aromatic carbocycles. The van der Waals surface area contributed by atoms with Crippen molar-refractivity contribution in [3.63, 3.8) is 0 Å². The summed E-state index contributed by atoms with van der Waals surface area (Å²) >= 11 is 0. The van der Waals surface area contributed by atoms with Crippen LogP contribution < -0.4 is 5.73 Å². The summed E-state index contributed by atoms with van der Waals surface area (Å²) in [5.41, 5.74) is 5.02. The van der Waals surface area contributed by atoms with E-state index in [0.717, 1.165) is 42.5 Å². The molecular weight excluding hydrogens is 733 g/mol. The molecule has 0 saturated carbocycles. The minimum absolute atomic E-state index is 0.00213. The number of rotatable bonds is 10. The minimum Gasteiger partial charge on any atom is -0.594 e. The first-order chi connectivity index (χ1) is 23.8. The fraction of sp³-hybridized carbons (Fsp3) is 0. The fourth-order valence-electron chi connectivity index (χ4n) is 4.72. The Labute approximate surface area is 288 Å². The zero-order chi connectivity index (χ0) is 37.3. The van der Waals surface area contributed by atoms with Crippen molar-refractivity contribution < 1.29 is 48.7 Å². The number of nitrogens with two attached hydrogens (primary N) is 1. The van der Waals surface area contributed by atoms with Crippen molar-refractivity contribution in [2.45, 2.75) is 14.7 Å². The van der Waals surface area contributed by atoms with Crippen molar-refractivity contribution in [2.24, 2.45) is 15.3 Å². The third-order valence-corrected chi connectivity index (χ3v) is 9.77. The Morgan fingerprint density at radius 3 is 1.71 bits per heavy atom. The molecule has 0 saturated heterocycles. The average molecular weight is 755 g/mol. The van der Waals surface area contributed by atoms with Crippen LogP contribution >= 0.6 is 0 Å². The highest BCUT2D eigenvalue weighted by Crippen LogP contribution is 2.34. The van der Waals surface area contributed by atoms with E-state index in [1.807, 2.05) is 0 Å². The SMILES string of the molecule is Nc1cc(N=[N+]([O-])c2ccc(C=Cc3ccc([N+](=O)[O-])cc3S(=O)(=O)O)c(S(=O)(=O)O)c2)ccc1N=Nc1cccc2c(S(=O)(=O)O)cccc12. The molecule has 5 rings (SSSR count). The molecule has 5 aromatic rings. The van der Waals surface area contributed by atoms with E-state index in [1.165, 1.54) is 42.5 Å². The Bertz CT molecular complexity index is 2680. The van der Waals surface area contributed by atoms with Crippen LogP contribution in [-0.4, -0.2) is 48.7 Å². The lowest BCUT2D eigenvalue weighted by Gasteiger charge is -2.07. The normalized spacial score (nSPS) is 13.0. The number of benzene rings is 5. The summed E-state index contributed by atoms with van der Waals surface area (Å²) in [6.07, 6.45) is 2.06. The smallest absolute Gasteiger partial charge is 0.295 e. The van der Waals surface area contributed by atoms with Gasteiger partial charge in [0.15, 0.2) is 0 Å². The van der Waals surface area contributed by atoms with Gasteiger partial charge in [-0.15, -0.1) is 10.2 Å². The van der Waals surface area contributed by atoms with E-state index < -0.39 is 50.8 Å². The zero-order valence-electron chi connectivity index (χ0n) is 25.4. The van der Waals surface area contributed by atoms with Crippen LogP contribution in [0.3, 0.4) is 0 Å². The molecule has 0 unspecified atom stereocenters. The van der Waals surface area contributed by atoms with Gasteiger partial charge in [0.1, 0.15) is 26.1 Å². The number of hydrogen-bond acceptors (Lipinski definition) is 13. The summed E-state index contributed by atoms with van der Waals surface area (Å²) in [6.45, 7) is 0. The molecule has 5 N–H and O–H groups in total. The Morgan fingerprint density at radius 1 is 0.608 bits per heavy atom. The van der Waals surface area contributed by atoms with Crippen LogP contribution in [-0.2, 0) is 30.4 Å². The average Bonchev–Trinajstić information content (AvgIpc) is 3.05. The maximum atomic E-state index is 12.9. The second kappa shape index (κ2) is 13.7. The maximum absolute atomic E-state index is 12.9. The first-order valence-corrected chi connectivity index (χ1v) is 18.2. The van der Waals surface area contributed by atoms with Crippen LogP contribution in [0.15, 0.2) is 121 Å². The number of anilines is 1. The van der Waals surface area contributed by atoms with E-state index in [-0.39, 0.29) is 54.7 Å². The van der Waals surface area contributed by atoms with Crippen LogP contribution in [0.2, 0.25) is 0 Å². The van der Waals surface area contributed by atoms with Gasteiger partial charge in [-0.25, -0.2) is 0 Å². The Kier molecular flexibility index (Phi) is 9.78. The number of non-ortho nitro benzene ring substituents is 1. The third kappa shape index (κ3) is 8.26. The van der Waals surface area contributed by atoms with Gasteiger partial charge < -0.3 is 10.9 Å². The van der Waals surface area contributed by atoms with E-state index in [4.69, 9.17) is 5.73 Å².